The summed E-state index contributed by atoms with van der Waals surface area (Å²) < 4.78 is 16.6. The van der Waals surface area contributed by atoms with Crippen molar-refractivity contribution in [2.45, 2.75) is 45.8 Å². The van der Waals surface area contributed by atoms with Crippen molar-refractivity contribution >= 4 is 5.97 Å². The Morgan fingerprint density at radius 1 is 0.889 bits per heavy atom. The molecule has 2 N–H and O–H groups in total. The fraction of sp³-hybridized carbons (Fsp3) is 0.409. The molecule has 0 fully saturated rings. The van der Waals surface area contributed by atoms with Crippen LogP contribution in [0.2, 0.25) is 0 Å². The van der Waals surface area contributed by atoms with Crippen LogP contribution in [0.25, 0.3) is 0 Å². The maximum absolute atomic E-state index is 12.1. The highest BCUT2D eigenvalue weighted by Gasteiger charge is 2.27. The molecule has 0 radical (unpaired) electrons. The summed E-state index contributed by atoms with van der Waals surface area (Å²) in [5.74, 6) is 0.979. The van der Waals surface area contributed by atoms with Gasteiger partial charge in [-0.2, -0.15) is 0 Å². The van der Waals surface area contributed by atoms with Crippen molar-refractivity contribution < 1.29 is 19.0 Å². The van der Waals surface area contributed by atoms with Crippen molar-refractivity contribution in [1.29, 1.82) is 0 Å². The fourth-order valence-electron chi connectivity index (χ4n) is 3.15. The molecule has 2 aromatic rings. The standard InChI is InChI=1S/C22H29NO4/c1-13-7-9-17(11-19(13)25-5)21(16(4)27-22(24)15(3)23)18-10-8-14(2)20(12-18)26-6/h7-12,15-16,21H,23H2,1-6H3/t15-,16-/m0/s1. The topological polar surface area (TPSA) is 70.8 Å². The lowest BCUT2D eigenvalue weighted by Gasteiger charge is -2.27. The molecule has 0 bridgehead atoms. The molecule has 0 aliphatic carbocycles. The Bertz CT molecular complexity index is 747. The molecule has 0 heterocycles. The highest BCUT2D eigenvalue weighted by atomic mass is 16.5. The Balaban J connectivity index is 2.53. The van der Waals surface area contributed by atoms with Gasteiger partial charge in [0.15, 0.2) is 0 Å². The van der Waals surface area contributed by atoms with E-state index in [9.17, 15) is 4.79 Å². The van der Waals surface area contributed by atoms with Gasteiger partial charge in [0.1, 0.15) is 23.6 Å². The zero-order valence-electron chi connectivity index (χ0n) is 16.9. The Hall–Kier alpha value is -2.53. The van der Waals surface area contributed by atoms with E-state index in [0.29, 0.717) is 0 Å². The van der Waals surface area contributed by atoms with Gasteiger partial charge in [0.05, 0.1) is 14.2 Å². The van der Waals surface area contributed by atoms with Gasteiger partial charge in [0.25, 0.3) is 0 Å². The molecule has 0 spiro atoms. The van der Waals surface area contributed by atoms with Gasteiger partial charge in [-0.3, -0.25) is 4.79 Å². The van der Waals surface area contributed by atoms with Crippen molar-refractivity contribution in [2.24, 2.45) is 5.73 Å². The molecule has 2 aromatic carbocycles. The highest BCUT2D eigenvalue weighted by molar-refractivity contribution is 5.75. The summed E-state index contributed by atoms with van der Waals surface area (Å²) >= 11 is 0. The number of aryl methyl sites for hydroxylation is 2. The van der Waals surface area contributed by atoms with Crippen molar-refractivity contribution in [3.63, 3.8) is 0 Å². The van der Waals surface area contributed by atoms with Crippen LogP contribution in [0.3, 0.4) is 0 Å². The third kappa shape index (κ3) is 4.80. The van der Waals surface area contributed by atoms with Gasteiger partial charge in [-0.15, -0.1) is 0 Å². The number of methoxy groups -OCH3 is 2. The van der Waals surface area contributed by atoms with Crippen molar-refractivity contribution in [1.82, 2.24) is 0 Å². The Morgan fingerprint density at radius 3 is 1.70 bits per heavy atom. The van der Waals surface area contributed by atoms with Crippen LogP contribution in [0.15, 0.2) is 36.4 Å². The predicted octanol–water partition coefficient (Wildman–Crippen LogP) is 3.73. The molecule has 5 nitrogen and oxygen atoms in total. The number of carbonyl (C=O) groups excluding carboxylic acids is 1. The second-order valence-electron chi connectivity index (χ2n) is 6.87. The average molecular weight is 371 g/mol. The van der Waals surface area contributed by atoms with Gasteiger partial charge in [0, 0.05) is 5.92 Å². The molecule has 0 aliphatic heterocycles. The number of carbonyl (C=O) groups is 1. The van der Waals surface area contributed by atoms with Gasteiger partial charge in [0.2, 0.25) is 0 Å². The Morgan fingerprint density at radius 2 is 1.33 bits per heavy atom. The molecular weight excluding hydrogens is 342 g/mol. The molecule has 0 aromatic heterocycles. The van der Waals surface area contributed by atoms with E-state index in [4.69, 9.17) is 19.9 Å². The summed E-state index contributed by atoms with van der Waals surface area (Å²) in [5, 5.41) is 0. The lowest BCUT2D eigenvalue weighted by molar-refractivity contribution is -0.149. The highest BCUT2D eigenvalue weighted by Crippen LogP contribution is 2.35. The van der Waals surface area contributed by atoms with Gasteiger partial charge in [-0.25, -0.2) is 0 Å². The van der Waals surface area contributed by atoms with E-state index < -0.39 is 18.1 Å². The normalized spacial score (nSPS) is 13.2. The summed E-state index contributed by atoms with van der Waals surface area (Å²) in [6.07, 6.45) is -0.414. The van der Waals surface area contributed by atoms with Gasteiger partial charge in [-0.05, 0) is 62.1 Å². The van der Waals surface area contributed by atoms with Gasteiger partial charge in [-0.1, -0.05) is 24.3 Å². The number of hydrogen-bond donors (Lipinski definition) is 1. The molecule has 0 unspecified atom stereocenters. The van der Waals surface area contributed by atoms with Crippen LogP contribution in [0.5, 0.6) is 11.5 Å². The number of rotatable bonds is 7. The first-order chi connectivity index (χ1) is 12.8. The predicted molar refractivity (Wildman–Crippen MR) is 107 cm³/mol. The first-order valence-electron chi connectivity index (χ1n) is 9.03. The molecular formula is C22H29NO4. The van der Waals surface area contributed by atoms with Crippen LogP contribution in [-0.2, 0) is 9.53 Å². The maximum Gasteiger partial charge on any atom is 0.322 e. The SMILES string of the molecule is COc1cc(C(c2ccc(C)c(OC)c2)[C@H](C)OC(=O)[C@H](C)N)ccc1C. The molecule has 2 atom stereocenters. The van der Waals surface area contributed by atoms with Gasteiger partial charge >= 0.3 is 5.97 Å². The summed E-state index contributed by atoms with van der Waals surface area (Å²) in [6.45, 7) is 7.48. The summed E-state index contributed by atoms with van der Waals surface area (Å²) in [7, 11) is 3.30. The molecule has 0 amide bonds. The summed E-state index contributed by atoms with van der Waals surface area (Å²) in [5.41, 5.74) is 9.75. The van der Waals surface area contributed by atoms with Crippen molar-refractivity contribution in [3.8, 4) is 11.5 Å². The van der Waals surface area contributed by atoms with E-state index in [-0.39, 0.29) is 5.92 Å². The van der Waals surface area contributed by atoms with Crippen molar-refractivity contribution in [2.75, 3.05) is 14.2 Å². The largest absolute Gasteiger partial charge is 0.496 e. The zero-order chi connectivity index (χ0) is 20.1. The monoisotopic (exact) mass is 371 g/mol. The first-order valence-corrected chi connectivity index (χ1v) is 9.03. The quantitative estimate of drug-likeness (QED) is 0.751. The van der Waals surface area contributed by atoms with Crippen LogP contribution < -0.4 is 15.2 Å². The minimum absolute atomic E-state index is 0.184. The summed E-state index contributed by atoms with van der Waals surface area (Å²) in [4.78, 5) is 12.1. The summed E-state index contributed by atoms with van der Waals surface area (Å²) in [6, 6.07) is 11.4. The maximum atomic E-state index is 12.1. The number of esters is 1. The number of hydrogen-bond acceptors (Lipinski definition) is 5. The van der Waals surface area contributed by atoms with Crippen LogP contribution in [-0.4, -0.2) is 32.3 Å². The number of benzene rings is 2. The van der Waals surface area contributed by atoms with Crippen molar-refractivity contribution in [3.05, 3.63) is 58.7 Å². The van der Waals surface area contributed by atoms with Gasteiger partial charge < -0.3 is 19.9 Å². The lowest BCUT2D eigenvalue weighted by Crippen LogP contribution is -2.33. The third-order valence-electron chi connectivity index (χ3n) is 4.73. The van der Waals surface area contributed by atoms with E-state index in [0.717, 1.165) is 33.8 Å². The van der Waals surface area contributed by atoms with E-state index in [2.05, 4.69) is 0 Å². The van der Waals surface area contributed by atoms with E-state index in [1.807, 2.05) is 57.2 Å². The second-order valence-corrected chi connectivity index (χ2v) is 6.87. The molecule has 0 aliphatic rings. The molecule has 2 rings (SSSR count). The molecule has 0 saturated heterocycles. The van der Waals surface area contributed by atoms with Crippen LogP contribution in [0.4, 0.5) is 0 Å². The average Bonchev–Trinajstić information content (AvgIpc) is 2.64. The lowest BCUT2D eigenvalue weighted by atomic mass is 9.86. The minimum atomic E-state index is -0.673. The van der Waals surface area contributed by atoms with Crippen LogP contribution >= 0.6 is 0 Å². The molecule has 27 heavy (non-hydrogen) atoms. The van der Waals surface area contributed by atoms with E-state index >= 15 is 0 Å². The zero-order valence-corrected chi connectivity index (χ0v) is 16.9. The molecule has 0 saturated carbocycles. The van der Waals surface area contributed by atoms with Crippen LogP contribution in [0.1, 0.15) is 42.0 Å². The minimum Gasteiger partial charge on any atom is -0.496 e. The molecule has 5 heteroatoms. The third-order valence-corrected chi connectivity index (χ3v) is 4.73. The smallest absolute Gasteiger partial charge is 0.322 e. The first kappa shape index (κ1) is 20.8. The number of nitrogens with two attached hydrogens (primary N) is 1. The van der Waals surface area contributed by atoms with E-state index in [1.54, 1.807) is 21.1 Å². The van der Waals surface area contributed by atoms with Crippen LogP contribution in [0, 0.1) is 13.8 Å². The second kappa shape index (κ2) is 8.91. The number of ether oxygens (including phenoxy) is 3. The van der Waals surface area contributed by atoms with E-state index in [1.165, 1.54) is 0 Å². The fourth-order valence-corrected chi connectivity index (χ4v) is 3.15. The Labute approximate surface area is 161 Å². The Kier molecular flexibility index (Phi) is 6.86. The molecule has 146 valence electrons.